The van der Waals surface area contributed by atoms with Gasteiger partial charge in [0.15, 0.2) is 0 Å². The van der Waals surface area contributed by atoms with Gasteiger partial charge in [0.05, 0.1) is 29.8 Å². The second kappa shape index (κ2) is 7.19. The lowest BCUT2D eigenvalue weighted by atomic mass is 9.91. The zero-order valence-corrected chi connectivity index (χ0v) is 14.6. The summed E-state index contributed by atoms with van der Waals surface area (Å²) in [4.78, 5) is 26.2. The highest BCUT2D eigenvalue weighted by atomic mass is 16.5. The molecule has 7 nitrogen and oxygen atoms in total. The first-order valence-electron chi connectivity index (χ1n) is 8.25. The molecule has 2 aromatic rings. The summed E-state index contributed by atoms with van der Waals surface area (Å²) >= 11 is 0. The predicted molar refractivity (Wildman–Crippen MR) is 95.4 cm³/mol. The Labute approximate surface area is 156 Å². The molecule has 1 heterocycles. The van der Waals surface area contributed by atoms with Gasteiger partial charge in [0.2, 0.25) is 0 Å². The molecule has 0 bridgehead atoms. The highest BCUT2D eigenvalue weighted by Gasteiger charge is 2.48. The Bertz CT molecular complexity index is 972. The summed E-state index contributed by atoms with van der Waals surface area (Å²) < 4.78 is 5.55. The number of hydrogen-bond acceptors (Lipinski definition) is 5. The molecule has 0 saturated carbocycles. The summed E-state index contributed by atoms with van der Waals surface area (Å²) in [6, 6.07) is 16.7. The lowest BCUT2D eigenvalue weighted by Gasteiger charge is -2.22. The Morgan fingerprint density at radius 3 is 2.44 bits per heavy atom. The monoisotopic (exact) mass is 360 g/mol. The van der Waals surface area contributed by atoms with Crippen molar-refractivity contribution in [3.05, 3.63) is 65.2 Å². The minimum atomic E-state index is -1.19. The zero-order valence-electron chi connectivity index (χ0n) is 14.6. The van der Waals surface area contributed by atoms with Crippen LogP contribution in [0.25, 0.3) is 0 Å². The number of hydrogen-bond donors (Lipinski definition) is 1. The first-order chi connectivity index (χ1) is 13.0. The number of imide groups is 1. The maximum absolute atomic E-state index is 12.8. The summed E-state index contributed by atoms with van der Waals surface area (Å²) in [7, 11) is 0. The molecule has 1 saturated heterocycles. The fourth-order valence-corrected chi connectivity index (χ4v) is 2.88. The van der Waals surface area contributed by atoms with Crippen LogP contribution in [-0.2, 0) is 10.3 Å². The van der Waals surface area contributed by atoms with Gasteiger partial charge in [-0.2, -0.15) is 10.5 Å². The summed E-state index contributed by atoms with van der Waals surface area (Å²) in [5.74, 6) is 0.113. The molecule has 3 rings (SSSR count). The minimum absolute atomic E-state index is 0.0767. The van der Waals surface area contributed by atoms with Crippen LogP contribution >= 0.6 is 0 Å². The van der Waals surface area contributed by atoms with Crippen molar-refractivity contribution < 1.29 is 14.3 Å². The second-order valence-corrected chi connectivity index (χ2v) is 6.19. The standard InChI is InChI=1S/C20H16N4O3/c1-20(16-7-5-14(12-21)6-8-16)18(25)24(19(26)23-20)9-10-27-17-4-2-3-15(11-17)13-22/h2-8,11H,9-10H2,1H3,(H,23,26)/t20-/m1/s1. The summed E-state index contributed by atoms with van der Waals surface area (Å²) in [5, 5.41) is 20.5. The number of rotatable bonds is 5. The van der Waals surface area contributed by atoms with Crippen molar-refractivity contribution in [3.8, 4) is 17.9 Å². The van der Waals surface area contributed by atoms with Crippen LogP contribution in [0.2, 0.25) is 0 Å². The average Bonchev–Trinajstić information content (AvgIpc) is 2.92. The predicted octanol–water partition coefficient (Wildman–Crippen LogP) is 2.28. The van der Waals surface area contributed by atoms with Crippen molar-refractivity contribution in [2.45, 2.75) is 12.5 Å². The Morgan fingerprint density at radius 2 is 1.78 bits per heavy atom. The molecule has 0 aromatic heterocycles. The first-order valence-corrected chi connectivity index (χ1v) is 8.25. The van der Waals surface area contributed by atoms with Gasteiger partial charge in [0, 0.05) is 0 Å². The van der Waals surface area contributed by atoms with E-state index >= 15 is 0 Å². The van der Waals surface area contributed by atoms with Crippen LogP contribution in [0.1, 0.15) is 23.6 Å². The number of carbonyl (C=O) groups is 2. The molecule has 1 aliphatic heterocycles. The lowest BCUT2D eigenvalue weighted by Crippen LogP contribution is -2.41. The van der Waals surface area contributed by atoms with Crippen molar-refractivity contribution in [1.82, 2.24) is 10.2 Å². The van der Waals surface area contributed by atoms with Crippen LogP contribution in [-0.4, -0.2) is 30.0 Å². The lowest BCUT2D eigenvalue weighted by molar-refractivity contribution is -0.131. The Hall–Kier alpha value is -3.84. The molecule has 134 valence electrons. The van der Waals surface area contributed by atoms with Gasteiger partial charge >= 0.3 is 6.03 Å². The molecule has 0 unspecified atom stereocenters. The maximum Gasteiger partial charge on any atom is 0.325 e. The number of benzene rings is 2. The molecule has 1 atom stereocenters. The Kier molecular flexibility index (Phi) is 4.78. The van der Waals surface area contributed by atoms with Crippen molar-refractivity contribution in [3.63, 3.8) is 0 Å². The van der Waals surface area contributed by atoms with E-state index in [0.717, 1.165) is 4.90 Å². The van der Waals surface area contributed by atoms with Gasteiger partial charge in [-0.1, -0.05) is 18.2 Å². The minimum Gasteiger partial charge on any atom is -0.492 e. The van der Waals surface area contributed by atoms with E-state index in [-0.39, 0.29) is 19.1 Å². The third-order valence-corrected chi connectivity index (χ3v) is 4.41. The number of ether oxygens (including phenoxy) is 1. The van der Waals surface area contributed by atoms with E-state index in [9.17, 15) is 9.59 Å². The molecular weight excluding hydrogens is 344 g/mol. The first kappa shape index (κ1) is 18.0. The summed E-state index contributed by atoms with van der Waals surface area (Å²) in [6.45, 7) is 1.82. The van der Waals surface area contributed by atoms with Gasteiger partial charge in [-0.3, -0.25) is 9.69 Å². The van der Waals surface area contributed by atoms with Crippen LogP contribution in [0.5, 0.6) is 5.75 Å². The van der Waals surface area contributed by atoms with Gasteiger partial charge in [-0.25, -0.2) is 4.79 Å². The van der Waals surface area contributed by atoms with Crippen molar-refractivity contribution in [2.75, 3.05) is 13.2 Å². The van der Waals surface area contributed by atoms with Gasteiger partial charge in [0.25, 0.3) is 5.91 Å². The smallest absolute Gasteiger partial charge is 0.325 e. The summed E-state index contributed by atoms with van der Waals surface area (Å²) in [6.07, 6.45) is 0. The van der Waals surface area contributed by atoms with Crippen molar-refractivity contribution in [2.24, 2.45) is 0 Å². The number of urea groups is 1. The SMILES string of the molecule is C[C@]1(c2ccc(C#N)cc2)NC(=O)N(CCOc2cccc(C#N)c2)C1=O. The van der Waals surface area contributed by atoms with Crippen molar-refractivity contribution >= 4 is 11.9 Å². The Morgan fingerprint density at radius 1 is 1.07 bits per heavy atom. The largest absolute Gasteiger partial charge is 0.492 e. The molecule has 3 amide bonds. The molecule has 27 heavy (non-hydrogen) atoms. The molecule has 1 aliphatic rings. The van der Waals surface area contributed by atoms with E-state index in [1.165, 1.54) is 0 Å². The number of nitrogens with one attached hydrogen (secondary N) is 1. The number of nitrogens with zero attached hydrogens (tertiary/aromatic N) is 3. The highest BCUT2D eigenvalue weighted by molar-refractivity contribution is 6.07. The average molecular weight is 360 g/mol. The van der Waals surface area contributed by atoms with E-state index in [1.807, 2.05) is 12.1 Å². The van der Waals surface area contributed by atoms with Crippen LogP contribution < -0.4 is 10.1 Å². The van der Waals surface area contributed by atoms with Crippen LogP contribution in [0.4, 0.5) is 4.79 Å². The normalized spacial score (nSPS) is 18.6. The molecule has 0 spiro atoms. The van der Waals surface area contributed by atoms with Crippen LogP contribution in [0.15, 0.2) is 48.5 Å². The molecule has 2 aromatic carbocycles. The Balaban J connectivity index is 1.68. The highest BCUT2D eigenvalue weighted by Crippen LogP contribution is 2.29. The van der Waals surface area contributed by atoms with Gasteiger partial charge in [-0.05, 0) is 42.8 Å². The molecule has 7 heteroatoms. The molecule has 1 fully saturated rings. The van der Waals surface area contributed by atoms with Crippen LogP contribution in [0, 0.1) is 22.7 Å². The molecule has 0 radical (unpaired) electrons. The van der Waals surface area contributed by atoms with E-state index < -0.39 is 11.6 Å². The topological polar surface area (TPSA) is 106 Å². The van der Waals surface area contributed by atoms with E-state index in [2.05, 4.69) is 5.32 Å². The fraction of sp³-hybridized carbons (Fsp3) is 0.200. The summed E-state index contributed by atoms with van der Waals surface area (Å²) in [5.41, 5.74) is 0.357. The second-order valence-electron chi connectivity index (χ2n) is 6.19. The van der Waals surface area contributed by atoms with E-state index in [0.29, 0.717) is 22.4 Å². The molecule has 0 aliphatic carbocycles. The van der Waals surface area contributed by atoms with E-state index in [4.69, 9.17) is 15.3 Å². The maximum atomic E-state index is 12.8. The quantitative estimate of drug-likeness (QED) is 0.823. The third kappa shape index (κ3) is 3.44. The fourth-order valence-electron chi connectivity index (χ4n) is 2.88. The number of carbonyl (C=O) groups excluding carboxylic acids is 2. The van der Waals surface area contributed by atoms with E-state index in [1.54, 1.807) is 55.5 Å². The number of amides is 3. The zero-order chi connectivity index (χ0) is 19.4. The van der Waals surface area contributed by atoms with Crippen LogP contribution in [0.3, 0.4) is 0 Å². The van der Waals surface area contributed by atoms with Gasteiger partial charge < -0.3 is 10.1 Å². The van der Waals surface area contributed by atoms with Crippen molar-refractivity contribution in [1.29, 1.82) is 10.5 Å². The number of nitriles is 2. The molecular formula is C20H16N4O3. The third-order valence-electron chi connectivity index (χ3n) is 4.41. The van der Waals surface area contributed by atoms with Gasteiger partial charge in [0.1, 0.15) is 17.9 Å². The van der Waals surface area contributed by atoms with Gasteiger partial charge in [-0.15, -0.1) is 0 Å². The molecule has 1 N–H and O–H groups in total.